The summed E-state index contributed by atoms with van der Waals surface area (Å²) in [6.45, 7) is 3.75. The quantitative estimate of drug-likeness (QED) is 0.435. The molecule has 24 heavy (non-hydrogen) atoms. The van der Waals surface area contributed by atoms with Crippen molar-refractivity contribution < 1.29 is 4.92 Å². The Morgan fingerprint density at radius 3 is 2.67 bits per heavy atom. The van der Waals surface area contributed by atoms with Crippen molar-refractivity contribution in [2.45, 2.75) is 0 Å². The highest BCUT2D eigenvalue weighted by Gasteiger charge is 2.06. The highest BCUT2D eigenvalue weighted by molar-refractivity contribution is 6.09. The average molecular weight is 318 g/mol. The Balaban J connectivity index is 1.90. The molecule has 6 heteroatoms. The van der Waals surface area contributed by atoms with Crippen LogP contribution in [0.25, 0.3) is 10.9 Å². The number of fused-ring (bicyclic) bond motifs is 1. The average Bonchev–Trinajstić information content (AvgIpc) is 2.62. The molecule has 0 saturated heterocycles. The molecule has 0 aliphatic heterocycles. The standard InChI is InChI=1S/C18H14N4O2/c1-2-16(13-8-10-14(11-9-13)22(23)24)20-21-18-7-3-6-17-15(18)5-4-12-19-17/h2-12,21H,1H2/b20-16+. The highest BCUT2D eigenvalue weighted by atomic mass is 16.6. The van der Waals surface area contributed by atoms with Crippen LogP contribution in [-0.4, -0.2) is 15.6 Å². The van der Waals surface area contributed by atoms with Gasteiger partial charge in [0.15, 0.2) is 0 Å². The predicted molar refractivity (Wildman–Crippen MR) is 95.2 cm³/mol. The van der Waals surface area contributed by atoms with Crippen LogP contribution < -0.4 is 5.43 Å². The number of nitrogens with zero attached hydrogens (tertiary/aromatic N) is 3. The van der Waals surface area contributed by atoms with Crippen molar-refractivity contribution in [3.63, 3.8) is 0 Å². The number of benzene rings is 2. The Hall–Kier alpha value is -3.54. The summed E-state index contributed by atoms with van der Waals surface area (Å²) >= 11 is 0. The molecule has 6 nitrogen and oxygen atoms in total. The van der Waals surface area contributed by atoms with E-state index < -0.39 is 4.92 Å². The van der Waals surface area contributed by atoms with Crippen LogP contribution >= 0.6 is 0 Å². The number of non-ortho nitro benzene ring substituents is 1. The van der Waals surface area contributed by atoms with E-state index in [-0.39, 0.29) is 5.69 Å². The van der Waals surface area contributed by atoms with Crippen molar-refractivity contribution in [1.82, 2.24) is 4.98 Å². The van der Waals surface area contributed by atoms with Crippen molar-refractivity contribution in [3.05, 3.63) is 89.1 Å². The normalized spacial score (nSPS) is 11.2. The molecule has 0 radical (unpaired) electrons. The van der Waals surface area contributed by atoms with Gasteiger partial charge in [0.2, 0.25) is 0 Å². The Bertz CT molecular complexity index is 928. The largest absolute Gasteiger partial charge is 0.277 e. The molecule has 3 rings (SSSR count). The van der Waals surface area contributed by atoms with Gasteiger partial charge in [0, 0.05) is 29.3 Å². The summed E-state index contributed by atoms with van der Waals surface area (Å²) in [6.07, 6.45) is 3.33. The maximum absolute atomic E-state index is 10.7. The molecule has 0 fully saturated rings. The summed E-state index contributed by atoms with van der Waals surface area (Å²) in [5, 5.41) is 16.0. The van der Waals surface area contributed by atoms with Gasteiger partial charge in [-0.15, -0.1) is 0 Å². The second kappa shape index (κ2) is 6.70. The summed E-state index contributed by atoms with van der Waals surface area (Å²) in [5.41, 5.74) is 6.07. The summed E-state index contributed by atoms with van der Waals surface area (Å²) in [5.74, 6) is 0. The van der Waals surface area contributed by atoms with Crippen molar-refractivity contribution in [2.24, 2.45) is 5.10 Å². The van der Waals surface area contributed by atoms with Gasteiger partial charge in [-0.25, -0.2) is 0 Å². The number of rotatable bonds is 5. The van der Waals surface area contributed by atoms with Gasteiger partial charge in [0.05, 0.1) is 21.8 Å². The summed E-state index contributed by atoms with van der Waals surface area (Å²) in [6, 6.07) is 15.7. The van der Waals surface area contributed by atoms with Gasteiger partial charge in [-0.3, -0.25) is 20.5 Å². The molecular weight excluding hydrogens is 304 g/mol. The first kappa shape index (κ1) is 15.4. The van der Waals surface area contributed by atoms with Crippen LogP contribution in [0.3, 0.4) is 0 Å². The van der Waals surface area contributed by atoms with E-state index in [1.54, 1.807) is 24.4 Å². The van der Waals surface area contributed by atoms with Crippen molar-refractivity contribution in [3.8, 4) is 0 Å². The van der Waals surface area contributed by atoms with Gasteiger partial charge >= 0.3 is 0 Å². The molecule has 0 spiro atoms. The van der Waals surface area contributed by atoms with E-state index in [9.17, 15) is 10.1 Å². The van der Waals surface area contributed by atoms with Crippen molar-refractivity contribution in [1.29, 1.82) is 0 Å². The molecule has 0 atom stereocenters. The third kappa shape index (κ3) is 3.12. The van der Waals surface area contributed by atoms with Crippen molar-refractivity contribution >= 4 is 28.0 Å². The maximum atomic E-state index is 10.7. The van der Waals surface area contributed by atoms with Gasteiger partial charge in [-0.2, -0.15) is 5.10 Å². The molecule has 1 heterocycles. The fourth-order valence-corrected chi connectivity index (χ4v) is 2.30. The first-order valence-corrected chi connectivity index (χ1v) is 7.24. The Kier molecular flexibility index (Phi) is 4.29. The fraction of sp³-hybridized carbons (Fsp3) is 0. The molecule has 0 amide bonds. The second-order valence-corrected chi connectivity index (χ2v) is 4.99. The number of allylic oxidation sites excluding steroid dienone is 1. The number of aromatic nitrogens is 1. The zero-order valence-electron chi connectivity index (χ0n) is 12.7. The van der Waals surface area contributed by atoms with E-state index in [0.717, 1.165) is 22.2 Å². The molecule has 118 valence electrons. The molecule has 0 unspecified atom stereocenters. The third-order valence-electron chi connectivity index (χ3n) is 3.51. The molecule has 0 aliphatic carbocycles. The molecule has 0 saturated carbocycles. The summed E-state index contributed by atoms with van der Waals surface area (Å²) in [7, 11) is 0. The van der Waals surface area contributed by atoms with Crippen LogP contribution in [0.15, 0.2) is 78.6 Å². The second-order valence-electron chi connectivity index (χ2n) is 4.99. The molecule has 3 aromatic rings. The highest BCUT2D eigenvalue weighted by Crippen LogP contribution is 2.21. The van der Waals surface area contributed by atoms with E-state index in [1.807, 2.05) is 30.3 Å². The Morgan fingerprint density at radius 2 is 1.96 bits per heavy atom. The number of nitro groups is 1. The number of hydrogen-bond donors (Lipinski definition) is 1. The van der Waals surface area contributed by atoms with Crippen LogP contribution in [0.4, 0.5) is 11.4 Å². The zero-order valence-corrected chi connectivity index (χ0v) is 12.7. The molecule has 2 aromatic carbocycles. The Morgan fingerprint density at radius 1 is 1.17 bits per heavy atom. The van der Waals surface area contributed by atoms with Gasteiger partial charge < -0.3 is 0 Å². The third-order valence-corrected chi connectivity index (χ3v) is 3.51. The van der Waals surface area contributed by atoms with Gasteiger partial charge in [-0.05, 0) is 42.5 Å². The minimum absolute atomic E-state index is 0.0373. The van der Waals surface area contributed by atoms with E-state index in [0.29, 0.717) is 5.71 Å². The number of anilines is 1. The van der Waals surface area contributed by atoms with E-state index in [2.05, 4.69) is 22.1 Å². The van der Waals surface area contributed by atoms with Crippen LogP contribution in [0, 0.1) is 10.1 Å². The molecule has 0 aliphatic rings. The SMILES string of the molecule is C=C/C(=N\Nc1cccc2ncccc12)c1ccc([N+](=O)[O-])cc1. The lowest BCUT2D eigenvalue weighted by molar-refractivity contribution is -0.384. The van der Waals surface area contributed by atoms with Gasteiger partial charge in [0.25, 0.3) is 5.69 Å². The first-order valence-electron chi connectivity index (χ1n) is 7.24. The van der Waals surface area contributed by atoms with Crippen LogP contribution in [0.5, 0.6) is 0 Å². The number of hydrazone groups is 1. The number of nitro benzene ring substituents is 1. The Labute approximate surface area is 138 Å². The maximum Gasteiger partial charge on any atom is 0.269 e. The fourth-order valence-electron chi connectivity index (χ4n) is 2.30. The van der Waals surface area contributed by atoms with E-state index in [4.69, 9.17) is 0 Å². The summed E-state index contributed by atoms with van der Waals surface area (Å²) in [4.78, 5) is 14.6. The minimum Gasteiger partial charge on any atom is -0.277 e. The van der Waals surface area contributed by atoms with Crippen LogP contribution in [0.2, 0.25) is 0 Å². The first-order chi connectivity index (χ1) is 11.7. The summed E-state index contributed by atoms with van der Waals surface area (Å²) < 4.78 is 0. The van der Waals surface area contributed by atoms with Crippen LogP contribution in [0.1, 0.15) is 5.56 Å². The molecular formula is C18H14N4O2. The number of hydrogen-bond acceptors (Lipinski definition) is 5. The predicted octanol–water partition coefficient (Wildman–Crippen LogP) is 4.15. The zero-order chi connectivity index (χ0) is 16.9. The number of pyridine rings is 1. The van der Waals surface area contributed by atoms with Gasteiger partial charge in [-0.1, -0.05) is 12.6 Å². The monoisotopic (exact) mass is 318 g/mol. The van der Waals surface area contributed by atoms with Gasteiger partial charge in [0.1, 0.15) is 0 Å². The lowest BCUT2D eigenvalue weighted by Gasteiger charge is -2.07. The van der Waals surface area contributed by atoms with E-state index in [1.165, 1.54) is 12.1 Å². The number of nitrogens with one attached hydrogen (secondary N) is 1. The van der Waals surface area contributed by atoms with Crippen molar-refractivity contribution in [2.75, 3.05) is 5.43 Å². The van der Waals surface area contributed by atoms with Crippen LogP contribution in [-0.2, 0) is 0 Å². The molecule has 1 N–H and O–H groups in total. The lowest BCUT2D eigenvalue weighted by Crippen LogP contribution is -2.01. The molecule has 1 aromatic heterocycles. The lowest BCUT2D eigenvalue weighted by atomic mass is 10.1. The smallest absolute Gasteiger partial charge is 0.269 e. The topological polar surface area (TPSA) is 80.4 Å². The van der Waals surface area contributed by atoms with E-state index >= 15 is 0 Å². The molecule has 0 bridgehead atoms. The minimum atomic E-state index is -0.435.